The molecule has 0 spiro atoms. The van der Waals surface area contributed by atoms with Crippen molar-refractivity contribution >= 4 is 44.8 Å². The first kappa shape index (κ1) is 18.3. The van der Waals surface area contributed by atoms with Gasteiger partial charge in [-0.3, -0.25) is 9.78 Å². The van der Waals surface area contributed by atoms with Crippen LogP contribution < -0.4 is 10.1 Å². The van der Waals surface area contributed by atoms with Gasteiger partial charge in [-0.25, -0.2) is 4.98 Å². The SMILES string of the molecule is C[C@@H](Oc1cccc2ccccc12)C(=O)Nc1ccc2oc(-c3cncs3)nc2c1. The Hall–Kier alpha value is -3.71. The van der Waals surface area contributed by atoms with E-state index in [1.165, 1.54) is 11.3 Å². The second-order valence-corrected chi connectivity index (χ2v) is 7.68. The molecule has 1 atom stereocenters. The number of nitrogens with zero attached hydrogens (tertiary/aromatic N) is 2. The molecule has 7 heteroatoms. The zero-order chi connectivity index (χ0) is 20.5. The highest BCUT2D eigenvalue weighted by molar-refractivity contribution is 7.13. The van der Waals surface area contributed by atoms with E-state index in [4.69, 9.17) is 9.15 Å². The number of carbonyl (C=O) groups is 1. The van der Waals surface area contributed by atoms with Crippen molar-refractivity contribution in [3.8, 4) is 16.5 Å². The van der Waals surface area contributed by atoms with Gasteiger partial charge in [0.15, 0.2) is 11.7 Å². The third-order valence-electron chi connectivity index (χ3n) is 4.72. The maximum Gasteiger partial charge on any atom is 0.265 e. The lowest BCUT2D eigenvalue weighted by Crippen LogP contribution is -2.30. The molecule has 5 aromatic rings. The van der Waals surface area contributed by atoms with Crippen molar-refractivity contribution in [1.29, 1.82) is 0 Å². The fourth-order valence-corrected chi connectivity index (χ4v) is 3.76. The molecule has 0 aliphatic heterocycles. The number of thiazole rings is 1. The summed E-state index contributed by atoms with van der Waals surface area (Å²) in [4.78, 5) is 22.1. The Kier molecular flexibility index (Phi) is 4.65. The zero-order valence-electron chi connectivity index (χ0n) is 16.0. The predicted octanol–water partition coefficient (Wildman–Crippen LogP) is 5.51. The molecule has 2 aromatic heterocycles. The highest BCUT2D eigenvalue weighted by Gasteiger charge is 2.17. The van der Waals surface area contributed by atoms with Gasteiger partial charge in [-0.05, 0) is 36.6 Å². The van der Waals surface area contributed by atoms with Crippen molar-refractivity contribution in [2.45, 2.75) is 13.0 Å². The molecule has 0 aliphatic carbocycles. The monoisotopic (exact) mass is 415 g/mol. The van der Waals surface area contributed by atoms with Gasteiger partial charge in [-0.15, -0.1) is 11.3 Å². The fraction of sp³-hybridized carbons (Fsp3) is 0.0870. The molecule has 1 amide bonds. The van der Waals surface area contributed by atoms with E-state index in [0.717, 1.165) is 15.6 Å². The topological polar surface area (TPSA) is 77.2 Å². The van der Waals surface area contributed by atoms with Crippen LogP contribution in [0.1, 0.15) is 6.92 Å². The summed E-state index contributed by atoms with van der Waals surface area (Å²) in [6.45, 7) is 1.73. The third-order valence-corrected chi connectivity index (χ3v) is 5.48. The molecule has 0 fully saturated rings. The number of hydrogen-bond acceptors (Lipinski definition) is 6. The van der Waals surface area contributed by atoms with Crippen LogP contribution in [-0.2, 0) is 4.79 Å². The molecule has 30 heavy (non-hydrogen) atoms. The van der Waals surface area contributed by atoms with E-state index in [1.54, 1.807) is 36.8 Å². The Balaban J connectivity index is 1.33. The molecule has 0 bridgehead atoms. The number of aromatic nitrogens is 2. The van der Waals surface area contributed by atoms with Crippen molar-refractivity contribution in [2.75, 3.05) is 5.32 Å². The number of ether oxygens (including phenoxy) is 1. The minimum Gasteiger partial charge on any atom is -0.480 e. The van der Waals surface area contributed by atoms with Gasteiger partial charge >= 0.3 is 0 Å². The van der Waals surface area contributed by atoms with Crippen LogP contribution in [0.3, 0.4) is 0 Å². The zero-order valence-corrected chi connectivity index (χ0v) is 16.8. The summed E-state index contributed by atoms with van der Waals surface area (Å²) in [6, 6.07) is 19.1. The van der Waals surface area contributed by atoms with E-state index in [-0.39, 0.29) is 5.91 Å². The first-order valence-electron chi connectivity index (χ1n) is 9.42. The first-order valence-corrected chi connectivity index (χ1v) is 10.3. The summed E-state index contributed by atoms with van der Waals surface area (Å²) >= 11 is 1.46. The fourth-order valence-electron chi connectivity index (χ4n) is 3.22. The lowest BCUT2D eigenvalue weighted by atomic mass is 10.1. The van der Waals surface area contributed by atoms with E-state index >= 15 is 0 Å². The molecule has 0 unspecified atom stereocenters. The number of nitrogens with one attached hydrogen (secondary N) is 1. The van der Waals surface area contributed by atoms with E-state index < -0.39 is 6.10 Å². The smallest absolute Gasteiger partial charge is 0.265 e. The van der Waals surface area contributed by atoms with Crippen molar-refractivity contribution in [3.05, 3.63) is 72.4 Å². The molecule has 0 saturated heterocycles. The van der Waals surface area contributed by atoms with Gasteiger partial charge in [-0.2, -0.15) is 0 Å². The molecule has 5 rings (SSSR count). The standard InChI is InChI=1S/C23H17N3O3S/c1-14(28-19-8-4-6-15-5-2-3-7-17(15)19)22(27)25-16-9-10-20-18(11-16)26-23(29-20)21-12-24-13-30-21/h2-14H,1H3,(H,25,27)/t14-/m1/s1. The van der Waals surface area contributed by atoms with Gasteiger partial charge < -0.3 is 14.5 Å². The van der Waals surface area contributed by atoms with Crippen molar-refractivity contribution in [2.24, 2.45) is 0 Å². The number of benzene rings is 3. The average molecular weight is 415 g/mol. The Morgan fingerprint density at radius 1 is 1.13 bits per heavy atom. The number of amides is 1. The van der Waals surface area contributed by atoms with Gasteiger partial charge in [0, 0.05) is 11.1 Å². The number of hydrogen-bond donors (Lipinski definition) is 1. The van der Waals surface area contributed by atoms with Gasteiger partial charge in [0.05, 0.1) is 11.7 Å². The van der Waals surface area contributed by atoms with E-state index in [0.29, 0.717) is 28.4 Å². The van der Waals surface area contributed by atoms with Crippen LogP contribution in [0.25, 0.3) is 32.6 Å². The molecule has 2 heterocycles. The molecule has 0 radical (unpaired) electrons. The Labute approximate surface area is 176 Å². The van der Waals surface area contributed by atoms with Crippen molar-refractivity contribution in [3.63, 3.8) is 0 Å². The Morgan fingerprint density at radius 2 is 2.00 bits per heavy atom. The molecule has 0 aliphatic rings. The quantitative estimate of drug-likeness (QED) is 0.409. The molecule has 3 aromatic carbocycles. The van der Waals surface area contributed by atoms with Crippen LogP contribution in [-0.4, -0.2) is 22.0 Å². The van der Waals surface area contributed by atoms with Gasteiger partial charge in [-0.1, -0.05) is 36.4 Å². The summed E-state index contributed by atoms with van der Waals surface area (Å²) < 4.78 is 11.7. The number of oxazole rings is 1. The maximum absolute atomic E-state index is 12.7. The highest BCUT2D eigenvalue weighted by atomic mass is 32.1. The van der Waals surface area contributed by atoms with Crippen LogP contribution >= 0.6 is 11.3 Å². The second-order valence-electron chi connectivity index (χ2n) is 6.79. The van der Waals surface area contributed by atoms with Gasteiger partial charge in [0.25, 0.3) is 5.91 Å². The summed E-state index contributed by atoms with van der Waals surface area (Å²) in [5.41, 5.74) is 3.67. The number of rotatable bonds is 5. The van der Waals surface area contributed by atoms with Crippen molar-refractivity contribution < 1.29 is 13.9 Å². The molecule has 148 valence electrons. The molecule has 6 nitrogen and oxygen atoms in total. The Morgan fingerprint density at radius 3 is 2.87 bits per heavy atom. The summed E-state index contributed by atoms with van der Waals surface area (Å²) in [5.74, 6) is 0.953. The summed E-state index contributed by atoms with van der Waals surface area (Å²) in [5, 5.41) is 4.93. The lowest BCUT2D eigenvalue weighted by Gasteiger charge is -2.16. The molecule has 0 saturated carbocycles. The number of fused-ring (bicyclic) bond motifs is 2. The van der Waals surface area contributed by atoms with Crippen molar-refractivity contribution in [1.82, 2.24) is 9.97 Å². The largest absolute Gasteiger partial charge is 0.480 e. The van der Waals surface area contributed by atoms with Crippen LogP contribution in [0, 0.1) is 0 Å². The third kappa shape index (κ3) is 3.51. The van der Waals surface area contributed by atoms with E-state index in [2.05, 4.69) is 15.3 Å². The average Bonchev–Trinajstić information content (AvgIpc) is 3.43. The molecular formula is C23H17N3O3S. The van der Waals surface area contributed by atoms with Gasteiger partial charge in [0.1, 0.15) is 16.1 Å². The number of carbonyl (C=O) groups excluding carboxylic acids is 1. The second kappa shape index (κ2) is 7.61. The minimum atomic E-state index is -0.670. The molecule has 1 N–H and O–H groups in total. The van der Waals surface area contributed by atoms with Crippen LogP contribution in [0.2, 0.25) is 0 Å². The number of anilines is 1. The summed E-state index contributed by atoms with van der Waals surface area (Å²) in [7, 11) is 0. The van der Waals surface area contributed by atoms with Crippen LogP contribution in [0.5, 0.6) is 5.75 Å². The van der Waals surface area contributed by atoms with Gasteiger partial charge in [0.2, 0.25) is 5.89 Å². The normalized spacial score (nSPS) is 12.2. The van der Waals surface area contributed by atoms with Crippen LogP contribution in [0.15, 0.2) is 76.8 Å². The first-order chi connectivity index (χ1) is 14.7. The predicted molar refractivity (Wildman–Crippen MR) is 118 cm³/mol. The molecular weight excluding hydrogens is 398 g/mol. The van der Waals surface area contributed by atoms with E-state index in [9.17, 15) is 4.79 Å². The van der Waals surface area contributed by atoms with Crippen LogP contribution in [0.4, 0.5) is 5.69 Å². The lowest BCUT2D eigenvalue weighted by molar-refractivity contribution is -0.122. The van der Waals surface area contributed by atoms with E-state index in [1.807, 2.05) is 42.5 Å². The summed E-state index contributed by atoms with van der Waals surface area (Å²) in [6.07, 6.45) is 1.04. The maximum atomic E-state index is 12.7. The highest BCUT2D eigenvalue weighted by Crippen LogP contribution is 2.29. The Bertz CT molecular complexity index is 1340. The minimum absolute atomic E-state index is 0.242.